The van der Waals surface area contributed by atoms with E-state index >= 15 is 0 Å². The van der Waals surface area contributed by atoms with Gasteiger partial charge in [-0.25, -0.2) is 4.39 Å². The zero-order valence-electron chi connectivity index (χ0n) is 11.0. The van der Waals surface area contributed by atoms with Crippen LogP contribution in [-0.4, -0.2) is 10.5 Å². The van der Waals surface area contributed by atoms with E-state index in [1.54, 1.807) is 0 Å². The van der Waals surface area contributed by atoms with Gasteiger partial charge in [0.25, 0.3) is 0 Å². The molecule has 3 aromatic rings. The highest BCUT2D eigenvalue weighted by molar-refractivity contribution is 9.10. The molecule has 0 aliphatic rings. The van der Waals surface area contributed by atoms with E-state index < -0.39 is 0 Å². The summed E-state index contributed by atoms with van der Waals surface area (Å²) in [5.74, 6) is -0.478. The highest BCUT2D eigenvalue weighted by Crippen LogP contribution is 2.21. The molecule has 106 valence electrons. The molecular weight excluding hydrogens is 335 g/mol. The molecule has 2 aromatic carbocycles. The average Bonchev–Trinajstić information content (AvgIpc) is 2.84. The minimum atomic E-state index is -0.325. The Morgan fingerprint density at radius 3 is 2.67 bits per heavy atom. The normalized spacial score (nSPS) is 10.8. The Bertz CT molecular complexity index is 796. The van der Waals surface area contributed by atoms with E-state index in [2.05, 4.69) is 21.2 Å². The van der Waals surface area contributed by atoms with E-state index in [0.717, 1.165) is 15.4 Å². The fourth-order valence-electron chi connectivity index (χ4n) is 2.18. The van der Waals surface area contributed by atoms with Gasteiger partial charge in [-0.1, -0.05) is 22.0 Å². The summed E-state index contributed by atoms with van der Waals surface area (Å²) in [4.78, 5) is 12.1. The van der Waals surface area contributed by atoms with E-state index in [4.69, 9.17) is 0 Å². The molecular formula is C16H12BrFN2O. The second kappa shape index (κ2) is 5.69. The Morgan fingerprint density at radius 1 is 1.14 bits per heavy atom. The predicted octanol–water partition coefficient (Wildman–Crippen LogP) is 4.18. The summed E-state index contributed by atoms with van der Waals surface area (Å²) in [6, 6.07) is 13.6. The maximum Gasteiger partial charge on any atom is 0.244 e. The zero-order chi connectivity index (χ0) is 14.8. The number of rotatable bonds is 3. The van der Waals surface area contributed by atoms with E-state index in [1.165, 1.54) is 24.3 Å². The van der Waals surface area contributed by atoms with Gasteiger partial charge >= 0.3 is 0 Å². The van der Waals surface area contributed by atoms with Crippen LogP contribution in [0.25, 0.3) is 10.9 Å². The number of carbonyl (C=O) groups is 1. The van der Waals surface area contributed by atoms with Crippen LogP contribution < -0.4 is 5.32 Å². The lowest BCUT2D eigenvalue weighted by Crippen LogP contribution is -2.18. The van der Waals surface area contributed by atoms with Gasteiger partial charge in [-0.15, -0.1) is 0 Å². The van der Waals surface area contributed by atoms with Crippen molar-refractivity contribution in [2.24, 2.45) is 0 Å². The third-order valence-electron chi connectivity index (χ3n) is 3.18. The lowest BCUT2D eigenvalue weighted by Gasteiger charge is -2.07. The van der Waals surface area contributed by atoms with Crippen molar-refractivity contribution in [3.63, 3.8) is 0 Å². The number of hydrogen-bond donors (Lipinski definition) is 1. The second-order valence-electron chi connectivity index (χ2n) is 4.70. The molecule has 1 amide bonds. The first kappa shape index (κ1) is 13.8. The maximum absolute atomic E-state index is 12.8. The standard InChI is InChI=1S/C16H12BrFN2O/c17-12-2-1-11-7-8-20(15(11)9-12)10-16(21)19-14-5-3-13(18)4-6-14/h1-9H,10H2,(H,19,21). The summed E-state index contributed by atoms with van der Waals surface area (Å²) in [6.45, 7) is 0.206. The monoisotopic (exact) mass is 346 g/mol. The van der Waals surface area contributed by atoms with Crippen LogP contribution >= 0.6 is 15.9 Å². The molecule has 1 heterocycles. The SMILES string of the molecule is O=C(Cn1ccc2ccc(Br)cc21)Nc1ccc(F)cc1. The molecule has 1 aromatic heterocycles. The Kier molecular flexibility index (Phi) is 3.75. The topological polar surface area (TPSA) is 34.0 Å². The Morgan fingerprint density at radius 2 is 1.90 bits per heavy atom. The van der Waals surface area contributed by atoms with Crippen LogP contribution in [0.1, 0.15) is 0 Å². The van der Waals surface area contributed by atoms with E-state index in [-0.39, 0.29) is 18.3 Å². The number of hydrogen-bond acceptors (Lipinski definition) is 1. The van der Waals surface area contributed by atoms with Crippen molar-refractivity contribution in [1.82, 2.24) is 4.57 Å². The molecule has 0 saturated heterocycles. The number of anilines is 1. The Balaban J connectivity index is 1.77. The number of carbonyl (C=O) groups excluding carboxylic acids is 1. The molecule has 0 bridgehead atoms. The third kappa shape index (κ3) is 3.13. The summed E-state index contributed by atoms with van der Waals surface area (Å²) in [6.07, 6.45) is 1.88. The lowest BCUT2D eigenvalue weighted by molar-refractivity contribution is -0.116. The van der Waals surface area contributed by atoms with E-state index in [0.29, 0.717) is 5.69 Å². The highest BCUT2D eigenvalue weighted by atomic mass is 79.9. The quantitative estimate of drug-likeness (QED) is 0.758. The summed E-state index contributed by atoms with van der Waals surface area (Å²) < 4.78 is 15.7. The number of benzene rings is 2. The lowest BCUT2D eigenvalue weighted by atomic mass is 10.2. The van der Waals surface area contributed by atoms with Crippen LogP contribution in [-0.2, 0) is 11.3 Å². The number of amides is 1. The fraction of sp³-hybridized carbons (Fsp3) is 0.0625. The number of halogens is 2. The van der Waals surface area contributed by atoms with Gasteiger partial charge in [0.1, 0.15) is 12.4 Å². The number of nitrogens with one attached hydrogen (secondary N) is 1. The Hall–Kier alpha value is -2.14. The molecule has 0 atom stereocenters. The van der Waals surface area contributed by atoms with E-state index in [9.17, 15) is 9.18 Å². The van der Waals surface area contributed by atoms with Crippen LogP contribution in [0.15, 0.2) is 59.2 Å². The zero-order valence-corrected chi connectivity index (χ0v) is 12.6. The molecule has 3 rings (SSSR count). The third-order valence-corrected chi connectivity index (χ3v) is 3.67. The minimum Gasteiger partial charge on any atom is -0.338 e. The first-order valence-corrected chi connectivity index (χ1v) is 7.21. The molecule has 0 saturated carbocycles. The van der Waals surface area contributed by atoms with Crippen LogP contribution in [0.4, 0.5) is 10.1 Å². The molecule has 0 fully saturated rings. The molecule has 0 aliphatic carbocycles. The first-order chi connectivity index (χ1) is 10.1. The second-order valence-corrected chi connectivity index (χ2v) is 5.62. The van der Waals surface area contributed by atoms with Gasteiger partial charge in [-0.3, -0.25) is 4.79 Å². The van der Waals surface area contributed by atoms with Gasteiger partial charge in [0.15, 0.2) is 0 Å². The van der Waals surface area contributed by atoms with Crippen molar-refractivity contribution in [2.45, 2.75) is 6.54 Å². The molecule has 0 unspecified atom stereocenters. The van der Waals surface area contributed by atoms with Crippen molar-refractivity contribution in [1.29, 1.82) is 0 Å². The summed E-state index contributed by atoms with van der Waals surface area (Å²) in [5.41, 5.74) is 1.57. The van der Waals surface area contributed by atoms with Crippen LogP contribution in [0.3, 0.4) is 0 Å². The molecule has 21 heavy (non-hydrogen) atoms. The predicted molar refractivity (Wildman–Crippen MR) is 84.7 cm³/mol. The Labute approximate surface area is 129 Å². The first-order valence-electron chi connectivity index (χ1n) is 6.42. The van der Waals surface area contributed by atoms with Crippen molar-refractivity contribution in [2.75, 3.05) is 5.32 Å². The number of nitrogens with zero attached hydrogens (tertiary/aromatic N) is 1. The summed E-state index contributed by atoms with van der Waals surface area (Å²) in [7, 11) is 0. The largest absolute Gasteiger partial charge is 0.338 e. The average molecular weight is 347 g/mol. The van der Waals surface area contributed by atoms with Gasteiger partial charge in [0.05, 0.1) is 0 Å². The molecule has 0 spiro atoms. The number of fused-ring (bicyclic) bond motifs is 1. The van der Waals surface area contributed by atoms with E-state index in [1.807, 2.05) is 35.0 Å². The highest BCUT2D eigenvalue weighted by Gasteiger charge is 2.07. The van der Waals surface area contributed by atoms with Gasteiger partial charge in [-0.2, -0.15) is 0 Å². The van der Waals surface area contributed by atoms with Gasteiger partial charge in [0.2, 0.25) is 5.91 Å². The minimum absolute atomic E-state index is 0.154. The summed E-state index contributed by atoms with van der Waals surface area (Å²) in [5, 5.41) is 3.83. The van der Waals surface area contributed by atoms with Crippen molar-refractivity contribution < 1.29 is 9.18 Å². The van der Waals surface area contributed by atoms with Crippen LogP contribution in [0, 0.1) is 5.82 Å². The molecule has 0 aliphatic heterocycles. The van der Waals surface area contributed by atoms with Gasteiger partial charge < -0.3 is 9.88 Å². The van der Waals surface area contributed by atoms with Gasteiger partial charge in [-0.05, 0) is 47.9 Å². The van der Waals surface area contributed by atoms with Crippen LogP contribution in [0.5, 0.6) is 0 Å². The number of aromatic nitrogens is 1. The molecule has 1 N–H and O–H groups in total. The van der Waals surface area contributed by atoms with Crippen molar-refractivity contribution >= 4 is 38.4 Å². The fourth-order valence-corrected chi connectivity index (χ4v) is 2.53. The molecule has 0 radical (unpaired) electrons. The maximum atomic E-state index is 12.8. The smallest absolute Gasteiger partial charge is 0.244 e. The van der Waals surface area contributed by atoms with Gasteiger partial charge in [0, 0.05) is 21.9 Å². The van der Waals surface area contributed by atoms with Crippen molar-refractivity contribution in [3.05, 3.63) is 65.0 Å². The molecule has 3 nitrogen and oxygen atoms in total. The summed E-state index contributed by atoms with van der Waals surface area (Å²) >= 11 is 3.43. The molecule has 5 heteroatoms. The van der Waals surface area contributed by atoms with Crippen LogP contribution in [0.2, 0.25) is 0 Å². The van der Waals surface area contributed by atoms with Crippen molar-refractivity contribution in [3.8, 4) is 0 Å².